The van der Waals surface area contributed by atoms with Crippen LogP contribution in [0, 0.1) is 5.92 Å². The molecule has 1 heterocycles. The molecule has 1 aromatic rings. The number of benzene rings is 1. The Balaban J connectivity index is 1.96. The zero-order valence-corrected chi connectivity index (χ0v) is 17.9. The second-order valence-electron chi connectivity index (χ2n) is 7.81. The maximum absolute atomic E-state index is 12.7. The third-order valence-electron chi connectivity index (χ3n) is 4.45. The summed E-state index contributed by atoms with van der Waals surface area (Å²) in [6.07, 6.45) is 1.77. The Hall–Kier alpha value is -1.01. The molecule has 1 amide bonds. The minimum Gasteiger partial charge on any atom is -0.341 e. The van der Waals surface area contributed by atoms with Crippen molar-refractivity contribution in [2.45, 2.75) is 62.4 Å². The highest BCUT2D eigenvalue weighted by Gasteiger charge is 2.32. The number of carbonyl (C=O) groups is 1. The lowest BCUT2D eigenvalue weighted by Crippen LogP contribution is -2.46. The summed E-state index contributed by atoms with van der Waals surface area (Å²) in [6.45, 7) is 9.16. The summed E-state index contributed by atoms with van der Waals surface area (Å²) >= 11 is 1.80. The third kappa shape index (κ3) is 6.31. The molecule has 4 nitrogen and oxygen atoms in total. The fourth-order valence-corrected chi connectivity index (χ4v) is 6.27. The van der Waals surface area contributed by atoms with Gasteiger partial charge in [-0.3, -0.25) is 4.79 Å². The van der Waals surface area contributed by atoms with Gasteiger partial charge in [0, 0.05) is 23.2 Å². The van der Waals surface area contributed by atoms with Gasteiger partial charge in [0.15, 0.2) is 9.84 Å². The quantitative estimate of drug-likeness (QED) is 0.657. The Morgan fingerprint density at radius 1 is 1.19 bits per heavy atom. The molecule has 6 heteroatoms. The number of piperidine rings is 1. The summed E-state index contributed by atoms with van der Waals surface area (Å²) in [5.74, 6) is 0.348. The van der Waals surface area contributed by atoms with Gasteiger partial charge in [0.25, 0.3) is 0 Å². The standard InChI is InChI=1S/C20H31NO3S2/c1-15(2)14-26(23,24)19-6-5-11-21(13-19)20(22)12-17-7-9-18(10-8-17)25-16(3)4/h7-10,15-16,19H,5-6,11-14H2,1-4H3. The molecule has 0 saturated carbocycles. The van der Waals surface area contributed by atoms with Gasteiger partial charge in [0.05, 0.1) is 17.4 Å². The summed E-state index contributed by atoms with van der Waals surface area (Å²) in [7, 11) is -3.14. The highest BCUT2D eigenvalue weighted by Crippen LogP contribution is 2.24. The fraction of sp³-hybridized carbons (Fsp3) is 0.650. The van der Waals surface area contributed by atoms with E-state index in [2.05, 4.69) is 26.0 Å². The number of hydrogen-bond donors (Lipinski definition) is 0. The van der Waals surface area contributed by atoms with E-state index >= 15 is 0 Å². The Bertz CT molecular complexity index is 696. The van der Waals surface area contributed by atoms with E-state index in [0.29, 0.717) is 31.2 Å². The Morgan fingerprint density at radius 2 is 1.85 bits per heavy atom. The first-order valence-corrected chi connectivity index (χ1v) is 12.0. The van der Waals surface area contributed by atoms with Crippen molar-refractivity contribution in [2.24, 2.45) is 5.92 Å². The van der Waals surface area contributed by atoms with Gasteiger partial charge in [-0.2, -0.15) is 0 Å². The van der Waals surface area contributed by atoms with Crippen molar-refractivity contribution >= 4 is 27.5 Å². The van der Waals surface area contributed by atoms with Crippen molar-refractivity contribution < 1.29 is 13.2 Å². The van der Waals surface area contributed by atoms with Crippen LogP contribution in [-0.4, -0.2) is 48.6 Å². The molecule has 1 unspecified atom stereocenters. The number of carbonyl (C=O) groups excluding carboxylic acids is 1. The molecular formula is C20H31NO3S2. The second kappa shape index (κ2) is 9.27. The van der Waals surface area contributed by atoms with E-state index in [-0.39, 0.29) is 17.6 Å². The lowest BCUT2D eigenvalue weighted by Gasteiger charge is -2.33. The topological polar surface area (TPSA) is 54.5 Å². The molecule has 0 N–H and O–H groups in total. The van der Waals surface area contributed by atoms with Crippen LogP contribution in [0.15, 0.2) is 29.2 Å². The summed E-state index contributed by atoms with van der Waals surface area (Å²) in [5, 5.41) is 0.118. The molecule has 0 aromatic heterocycles. The van der Waals surface area contributed by atoms with E-state index in [1.54, 1.807) is 16.7 Å². The molecule has 0 bridgehead atoms. The minimum atomic E-state index is -3.14. The maximum atomic E-state index is 12.7. The van der Waals surface area contributed by atoms with E-state index in [0.717, 1.165) is 12.0 Å². The summed E-state index contributed by atoms with van der Waals surface area (Å²) < 4.78 is 25.0. The van der Waals surface area contributed by atoms with Crippen molar-refractivity contribution in [2.75, 3.05) is 18.8 Å². The minimum absolute atomic E-state index is 0.0266. The first kappa shape index (κ1) is 21.3. The van der Waals surface area contributed by atoms with Crippen LogP contribution in [0.1, 0.15) is 46.1 Å². The van der Waals surface area contributed by atoms with Gasteiger partial charge in [-0.15, -0.1) is 11.8 Å². The monoisotopic (exact) mass is 397 g/mol. The van der Waals surface area contributed by atoms with E-state index in [4.69, 9.17) is 0 Å². The largest absolute Gasteiger partial charge is 0.341 e. The molecule has 146 valence electrons. The lowest BCUT2D eigenvalue weighted by atomic mass is 10.1. The number of thioether (sulfide) groups is 1. The van der Waals surface area contributed by atoms with Crippen LogP contribution >= 0.6 is 11.8 Å². The number of sulfone groups is 1. The van der Waals surface area contributed by atoms with E-state index in [1.807, 2.05) is 26.0 Å². The number of likely N-dealkylation sites (tertiary alicyclic amines) is 1. The van der Waals surface area contributed by atoms with Crippen LogP contribution in [0.4, 0.5) is 0 Å². The summed E-state index contributed by atoms with van der Waals surface area (Å²) in [5.41, 5.74) is 0.982. The van der Waals surface area contributed by atoms with Gasteiger partial charge in [-0.05, 0) is 36.5 Å². The van der Waals surface area contributed by atoms with Crippen LogP contribution in [-0.2, 0) is 21.1 Å². The van der Waals surface area contributed by atoms with Crippen LogP contribution in [0.25, 0.3) is 0 Å². The average molecular weight is 398 g/mol. The van der Waals surface area contributed by atoms with E-state index < -0.39 is 15.1 Å². The zero-order valence-electron chi connectivity index (χ0n) is 16.3. The van der Waals surface area contributed by atoms with Crippen molar-refractivity contribution in [3.8, 4) is 0 Å². The van der Waals surface area contributed by atoms with Gasteiger partial charge in [-0.1, -0.05) is 39.8 Å². The molecule has 2 rings (SSSR count). The number of hydrogen-bond acceptors (Lipinski definition) is 4. The molecule has 1 saturated heterocycles. The van der Waals surface area contributed by atoms with Gasteiger partial charge < -0.3 is 4.90 Å². The van der Waals surface area contributed by atoms with E-state index in [1.165, 1.54) is 4.90 Å². The number of amides is 1. The molecule has 1 fully saturated rings. The van der Waals surface area contributed by atoms with Crippen LogP contribution in [0.3, 0.4) is 0 Å². The number of rotatable bonds is 7. The van der Waals surface area contributed by atoms with Gasteiger partial charge in [-0.25, -0.2) is 8.42 Å². The molecule has 0 spiro atoms. The Labute approximate surface area is 162 Å². The van der Waals surface area contributed by atoms with Crippen LogP contribution in [0.5, 0.6) is 0 Å². The first-order valence-electron chi connectivity index (χ1n) is 9.42. The predicted octanol–water partition coefficient (Wildman–Crippen LogP) is 3.79. The molecule has 26 heavy (non-hydrogen) atoms. The SMILES string of the molecule is CC(C)CS(=O)(=O)C1CCCN(C(=O)Cc2ccc(SC(C)C)cc2)C1. The highest BCUT2D eigenvalue weighted by molar-refractivity contribution is 7.99. The maximum Gasteiger partial charge on any atom is 0.227 e. The van der Waals surface area contributed by atoms with Crippen LogP contribution < -0.4 is 0 Å². The first-order chi connectivity index (χ1) is 12.2. The van der Waals surface area contributed by atoms with Crippen LogP contribution in [0.2, 0.25) is 0 Å². The molecular weight excluding hydrogens is 366 g/mol. The third-order valence-corrected chi connectivity index (χ3v) is 8.00. The highest BCUT2D eigenvalue weighted by atomic mass is 32.2. The molecule has 1 atom stereocenters. The zero-order chi connectivity index (χ0) is 19.3. The van der Waals surface area contributed by atoms with Crippen molar-refractivity contribution in [3.63, 3.8) is 0 Å². The van der Waals surface area contributed by atoms with Gasteiger partial charge in [0.1, 0.15) is 0 Å². The molecule has 1 aliphatic rings. The lowest BCUT2D eigenvalue weighted by molar-refractivity contribution is -0.131. The Kier molecular flexibility index (Phi) is 7.59. The second-order valence-corrected chi connectivity index (χ2v) is 11.8. The fourth-order valence-electron chi connectivity index (χ4n) is 3.30. The van der Waals surface area contributed by atoms with Gasteiger partial charge in [0.2, 0.25) is 5.91 Å². The normalized spacial score (nSPS) is 18.5. The molecule has 0 aliphatic carbocycles. The van der Waals surface area contributed by atoms with Crippen molar-refractivity contribution in [1.82, 2.24) is 4.90 Å². The number of nitrogens with zero attached hydrogens (tertiary/aromatic N) is 1. The van der Waals surface area contributed by atoms with Crippen molar-refractivity contribution in [1.29, 1.82) is 0 Å². The molecule has 1 aromatic carbocycles. The van der Waals surface area contributed by atoms with E-state index in [9.17, 15) is 13.2 Å². The Morgan fingerprint density at radius 3 is 2.42 bits per heavy atom. The average Bonchev–Trinajstić information content (AvgIpc) is 2.55. The van der Waals surface area contributed by atoms with Crippen molar-refractivity contribution in [3.05, 3.63) is 29.8 Å². The smallest absolute Gasteiger partial charge is 0.227 e. The summed E-state index contributed by atoms with van der Waals surface area (Å²) in [6, 6.07) is 8.11. The summed E-state index contributed by atoms with van der Waals surface area (Å²) in [4.78, 5) is 15.6. The predicted molar refractivity (Wildman–Crippen MR) is 109 cm³/mol. The molecule has 1 aliphatic heterocycles. The molecule has 0 radical (unpaired) electrons. The van der Waals surface area contributed by atoms with Gasteiger partial charge >= 0.3 is 0 Å².